The predicted octanol–water partition coefficient (Wildman–Crippen LogP) is 2.30. The highest BCUT2D eigenvalue weighted by Crippen LogP contribution is 2.26. The Morgan fingerprint density at radius 1 is 1.39 bits per heavy atom. The van der Waals surface area contributed by atoms with E-state index in [4.69, 9.17) is 16.1 Å². The van der Waals surface area contributed by atoms with E-state index < -0.39 is 16.6 Å². The summed E-state index contributed by atoms with van der Waals surface area (Å²) in [4.78, 5) is 26.2. The molecular weight excluding hydrogens is 395 g/mol. The number of rotatable bonds is 7. The lowest BCUT2D eigenvalue weighted by molar-refractivity contribution is -0.389. The van der Waals surface area contributed by atoms with Crippen LogP contribution < -0.4 is 5.32 Å². The molecule has 0 aliphatic rings. The maximum Gasteiger partial charge on any atom is 0.408 e. The first-order chi connectivity index (χ1) is 13.3. The van der Waals surface area contributed by atoms with E-state index >= 15 is 0 Å². The second-order valence-electron chi connectivity index (χ2n) is 5.79. The molecule has 146 valence electrons. The molecule has 10 nitrogen and oxygen atoms in total. The summed E-state index contributed by atoms with van der Waals surface area (Å²) in [5.41, 5.74) is 1.23. The molecule has 0 radical (unpaired) electrons. The first-order valence-electron chi connectivity index (χ1n) is 8.07. The zero-order chi connectivity index (χ0) is 20.3. The van der Waals surface area contributed by atoms with Gasteiger partial charge in [0.15, 0.2) is 10.8 Å². The quantitative estimate of drug-likeness (QED) is 0.469. The Hall–Kier alpha value is -3.34. The molecule has 0 aliphatic carbocycles. The van der Waals surface area contributed by atoms with Crippen LogP contribution >= 0.6 is 11.6 Å². The van der Waals surface area contributed by atoms with Crippen molar-refractivity contribution in [1.29, 1.82) is 0 Å². The van der Waals surface area contributed by atoms with E-state index in [-0.39, 0.29) is 29.1 Å². The van der Waals surface area contributed by atoms with Crippen LogP contribution in [0.5, 0.6) is 0 Å². The van der Waals surface area contributed by atoms with Gasteiger partial charge in [-0.2, -0.15) is 9.67 Å². The van der Waals surface area contributed by atoms with Crippen molar-refractivity contribution >= 4 is 23.3 Å². The van der Waals surface area contributed by atoms with Gasteiger partial charge in [-0.1, -0.05) is 28.9 Å². The third kappa shape index (κ3) is 4.31. The van der Waals surface area contributed by atoms with Crippen molar-refractivity contribution in [2.45, 2.75) is 19.9 Å². The van der Waals surface area contributed by atoms with Gasteiger partial charge in [0.1, 0.15) is 12.4 Å². The molecule has 0 bridgehead atoms. The largest absolute Gasteiger partial charge is 0.408 e. The second-order valence-corrected chi connectivity index (χ2v) is 6.16. The van der Waals surface area contributed by atoms with E-state index in [1.54, 1.807) is 19.1 Å². The number of aromatic nitrogens is 4. The van der Waals surface area contributed by atoms with Crippen LogP contribution in [0, 0.1) is 22.9 Å². The van der Waals surface area contributed by atoms with Crippen molar-refractivity contribution in [3.63, 3.8) is 0 Å². The molecule has 0 saturated carbocycles. The predicted molar refractivity (Wildman–Crippen MR) is 94.5 cm³/mol. The fourth-order valence-electron chi connectivity index (χ4n) is 2.37. The Morgan fingerprint density at radius 2 is 2.11 bits per heavy atom. The van der Waals surface area contributed by atoms with Crippen LogP contribution in [0.3, 0.4) is 0 Å². The molecule has 0 spiro atoms. The smallest absolute Gasteiger partial charge is 0.358 e. The molecule has 0 fully saturated rings. The number of nitrogens with one attached hydrogen (secondary N) is 1. The average Bonchev–Trinajstić information content (AvgIpc) is 3.24. The number of carbonyl (C=O) groups is 1. The van der Waals surface area contributed by atoms with Gasteiger partial charge in [0.25, 0.3) is 0 Å². The first-order valence-corrected chi connectivity index (χ1v) is 8.45. The number of hydrogen-bond donors (Lipinski definition) is 1. The molecule has 0 saturated heterocycles. The summed E-state index contributed by atoms with van der Waals surface area (Å²) >= 11 is 5.87. The zero-order valence-corrected chi connectivity index (χ0v) is 15.3. The molecule has 2 aromatic heterocycles. The molecular formula is C16H14ClFN6O4. The summed E-state index contributed by atoms with van der Waals surface area (Å²) in [6.45, 7) is 1.81. The molecule has 1 amide bonds. The second kappa shape index (κ2) is 8.13. The van der Waals surface area contributed by atoms with Crippen LogP contribution in [-0.4, -0.2) is 37.3 Å². The number of carbonyl (C=O) groups excluding carboxylic acids is 1. The van der Waals surface area contributed by atoms with Gasteiger partial charge in [-0.25, -0.2) is 4.39 Å². The molecule has 0 atom stereocenters. The van der Waals surface area contributed by atoms with E-state index in [1.807, 2.05) is 0 Å². The molecule has 3 aromatic rings. The van der Waals surface area contributed by atoms with Crippen LogP contribution in [0.2, 0.25) is 5.02 Å². The molecule has 0 unspecified atom stereocenters. The summed E-state index contributed by atoms with van der Waals surface area (Å²) in [5, 5.41) is 20.9. The van der Waals surface area contributed by atoms with E-state index in [0.29, 0.717) is 18.7 Å². The number of hydrogen-bond acceptors (Lipinski definition) is 7. The van der Waals surface area contributed by atoms with E-state index in [9.17, 15) is 19.3 Å². The Bertz CT molecular complexity index is 1020. The highest BCUT2D eigenvalue weighted by atomic mass is 35.5. The van der Waals surface area contributed by atoms with Gasteiger partial charge in [0.05, 0.1) is 10.8 Å². The number of benzene rings is 1. The summed E-state index contributed by atoms with van der Waals surface area (Å²) in [6.07, 6.45) is 0.502. The van der Waals surface area contributed by atoms with Crippen molar-refractivity contribution in [2.75, 3.05) is 6.54 Å². The van der Waals surface area contributed by atoms with E-state index in [1.165, 1.54) is 16.8 Å². The lowest BCUT2D eigenvalue weighted by Gasteiger charge is -2.02. The third-order valence-corrected chi connectivity index (χ3v) is 4.30. The zero-order valence-electron chi connectivity index (χ0n) is 14.6. The van der Waals surface area contributed by atoms with Crippen LogP contribution in [0.4, 0.5) is 10.2 Å². The van der Waals surface area contributed by atoms with E-state index in [0.717, 1.165) is 5.56 Å². The molecule has 3 rings (SSSR count). The SMILES string of the molecule is Cc1c(Cl)c([N+](=O)[O-])nn1Cc1noc(C(=O)NCCc2ccc(F)cc2)n1. The minimum absolute atomic E-state index is 0.0498. The Kier molecular flexibility index (Phi) is 5.64. The molecule has 28 heavy (non-hydrogen) atoms. The van der Waals surface area contributed by atoms with Crippen molar-refractivity contribution in [3.8, 4) is 0 Å². The topological polar surface area (TPSA) is 129 Å². The van der Waals surface area contributed by atoms with Gasteiger partial charge in [-0.15, -0.1) is 0 Å². The fourth-order valence-corrected chi connectivity index (χ4v) is 2.57. The summed E-state index contributed by atoms with van der Waals surface area (Å²) in [7, 11) is 0. The van der Waals surface area contributed by atoms with Gasteiger partial charge < -0.3 is 20.0 Å². The summed E-state index contributed by atoms with van der Waals surface area (Å²) < 4.78 is 19.0. The van der Waals surface area contributed by atoms with Crippen LogP contribution in [0.1, 0.15) is 27.8 Å². The fraction of sp³-hybridized carbons (Fsp3) is 0.250. The maximum absolute atomic E-state index is 12.9. The average molecular weight is 409 g/mol. The number of halogens is 2. The van der Waals surface area contributed by atoms with Gasteiger partial charge in [-0.3, -0.25) is 4.79 Å². The molecule has 0 aliphatic heterocycles. The minimum atomic E-state index is -0.692. The van der Waals surface area contributed by atoms with Crippen LogP contribution in [-0.2, 0) is 13.0 Å². The van der Waals surface area contributed by atoms with Crippen molar-refractivity contribution in [1.82, 2.24) is 25.2 Å². The molecule has 12 heteroatoms. The summed E-state index contributed by atoms with van der Waals surface area (Å²) in [5.74, 6) is -1.51. The van der Waals surface area contributed by atoms with Gasteiger partial charge in [0.2, 0.25) is 0 Å². The Balaban J connectivity index is 1.59. The van der Waals surface area contributed by atoms with E-state index in [2.05, 4.69) is 20.6 Å². The Morgan fingerprint density at radius 3 is 2.75 bits per heavy atom. The highest BCUT2D eigenvalue weighted by molar-refractivity contribution is 6.33. The van der Waals surface area contributed by atoms with Crippen molar-refractivity contribution in [2.24, 2.45) is 0 Å². The number of amides is 1. The maximum atomic E-state index is 12.9. The number of nitrogens with zero attached hydrogens (tertiary/aromatic N) is 5. The van der Waals surface area contributed by atoms with Crippen LogP contribution in [0.25, 0.3) is 0 Å². The van der Waals surface area contributed by atoms with Crippen LogP contribution in [0.15, 0.2) is 28.8 Å². The summed E-state index contributed by atoms with van der Waals surface area (Å²) in [6, 6.07) is 5.94. The molecule has 1 N–H and O–H groups in total. The van der Waals surface area contributed by atoms with Crippen molar-refractivity contribution < 1.29 is 18.6 Å². The number of nitro groups is 1. The van der Waals surface area contributed by atoms with Gasteiger partial charge >= 0.3 is 17.6 Å². The molecule has 1 aromatic carbocycles. The normalized spacial score (nSPS) is 10.8. The minimum Gasteiger partial charge on any atom is -0.358 e. The molecule has 2 heterocycles. The van der Waals surface area contributed by atoms with Crippen molar-refractivity contribution in [3.05, 3.63) is 68.2 Å². The Labute approximate surface area is 162 Å². The van der Waals surface area contributed by atoms with Gasteiger partial charge in [-0.05, 0) is 36.0 Å². The highest BCUT2D eigenvalue weighted by Gasteiger charge is 2.25. The first kappa shape index (κ1) is 19.4. The standard InChI is InChI=1S/C16H14ClFN6O4/c1-9-13(17)14(24(26)27)21-23(9)8-12-20-16(28-22-12)15(25)19-7-6-10-2-4-11(18)5-3-10/h2-5H,6-8H2,1H3,(H,19,25). The van der Waals surface area contributed by atoms with Gasteiger partial charge in [0, 0.05) is 6.54 Å². The third-order valence-electron chi connectivity index (χ3n) is 3.86. The lowest BCUT2D eigenvalue weighted by Crippen LogP contribution is -2.26. The lowest BCUT2D eigenvalue weighted by atomic mass is 10.1. The monoisotopic (exact) mass is 408 g/mol.